The number of halogens is 1. The zero-order valence-electron chi connectivity index (χ0n) is 13.9. The monoisotopic (exact) mass is 333 g/mol. The van der Waals surface area contributed by atoms with Crippen LogP contribution in [0.15, 0.2) is 36.4 Å². The Morgan fingerprint density at radius 2 is 1.62 bits per heavy atom. The van der Waals surface area contributed by atoms with Crippen LogP contribution in [0.4, 0.5) is 4.39 Å². The van der Waals surface area contributed by atoms with E-state index in [4.69, 9.17) is 14.2 Å². The van der Waals surface area contributed by atoms with Gasteiger partial charge in [0, 0.05) is 6.54 Å². The van der Waals surface area contributed by atoms with Crippen LogP contribution >= 0.6 is 0 Å². The molecule has 2 aromatic rings. The summed E-state index contributed by atoms with van der Waals surface area (Å²) in [7, 11) is 4.58. The third-order valence-electron chi connectivity index (χ3n) is 3.55. The molecule has 0 unspecified atom stereocenters. The highest BCUT2D eigenvalue weighted by atomic mass is 19.1. The molecule has 0 radical (unpaired) electrons. The molecule has 0 aliphatic heterocycles. The Bertz CT molecular complexity index is 718. The smallest absolute Gasteiger partial charge is 0.255 e. The van der Waals surface area contributed by atoms with Gasteiger partial charge in [0.25, 0.3) is 5.91 Å². The van der Waals surface area contributed by atoms with Crippen molar-refractivity contribution in [3.8, 4) is 17.2 Å². The minimum atomic E-state index is -0.485. The van der Waals surface area contributed by atoms with E-state index in [1.54, 1.807) is 14.2 Å². The van der Waals surface area contributed by atoms with Crippen LogP contribution in [-0.4, -0.2) is 33.8 Å². The van der Waals surface area contributed by atoms with Gasteiger partial charge in [0.05, 0.1) is 26.9 Å². The van der Waals surface area contributed by atoms with E-state index >= 15 is 0 Å². The molecule has 0 atom stereocenters. The molecule has 0 spiro atoms. The maximum absolute atomic E-state index is 13.3. The number of nitrogens with one attached hydrogen (secondary N) is 1. The summed E-state index contributed by atoms with van der Waals surface area (Å²) in [4.78, 5) is 12.2. The first-order valence-electron chi connectivity index (χ1n) is 7.41. The van der Waals surface area contributed by atoms with Gasteiger partial charge in [0.1, 0.15) is 11.6 Å². The van der Waals surface area contributed by atoms with E-state index in [1.807, 2.05) is 18.2 Å². The number of methoxy groups -OCH3 is 3. The van der Waals surface area contributed by atoms with E-state index in [1.165, 1.54) is 19.2 Å². The number of ether oxygens (including phenoxy) is 3. The summed E-state index contributed by atoms with van der Waals surface area (Å²) in [5.41, 5.74) is 1.16. The summed E-state index contributed by atoms with van der Waals surface area (Å²) < 4.78 is 28.8. The molecule has 0 aromatic heterocycles. The van der Waals surface area contributed by atoms with Crippen LogP contribution in [0.1, 0.15) is 15.9 Å². The highest BCUT2D eigenvalue weighted by Gasteiger charge is 2.13. The molecule has 1 amide bonds. The number of benzene rings is 2. The fraction of sp³-hybridized carbons (Fsp3) is 0.278. The standard InChI is InChI=1S/C18H20FNO4/c1-22-15-7-5-13(19)11-14(15)18(21)20-9-8-12-4-6-16(23-2)17(10-12)24-3/h4-7,10-11H,8-9H2,1-3H3,(H,20,21). The van der Waals surface area contributed by atoms with Crippen LogP contribution in [0, 0.1) is 5.82 Å². The molecular weight excluding hydrogens is 313 g/mol. The molecule has 6 heteroatoms. The Hall–Kier alpha value is -2.76. The second kappa shape index (κ2) is 8.19. The largest absolute Gasteiger partial charge is 0.496 e. The maximum atomic E-state index is 13.3. The van der Waals surface area contributed by atoms with Gasteiger partial charge < -0.3 is 19.5 Å². The summed E-state index contributed by atoms with van der Waals surface area (Å²) in [6, 6.07) is 9.40. The van der Waals surface area contributed by atoms with Crippen LogP contribution < -0.4 is 19.5 Å². The number of hydrogen-bond acceptors (Lipinski definition) is 4. The van der Waals surface area contributed by atoms with E-state index in [9.17, 15) is 9.18 Å². The highest BCUT2D eigenvalue weighted by molar-refractivity contribution is 5.96. The minimum Gasteiger partial charge on any atom is -0.496 e. The number of carbonyl (C=O) groups excluding carboxylic acids is 1. The second-order valence-electron chi connectivity index (χ2n) is 5.04. The van der Waals surface area contributed by atoms with Crippen molar-refractivity contribution < 1.29 is 23.4 Å². The van der Waals surface area contributed by atoms with Crippen molar-refractivity contribution in [2.24, 2.45) is 0 Å². The molecule has 0 fully saturated rings. The van der Waals surface area contributed by atoms with Crippen LogP contribution in [0.2, 0.25) is 0 Å². The number of amides is 1. The topological polar surface area (TPSA) is 56.8 Å². The lowest BCUT2D eigenvalue weighted by atomic mass is 10.1. The van der Waals surface area contributed by atoms with Crippen LogP contribution in [-0.2, 0) is 6.42 Å². The fourth-order valence-corrected chi connectivity index (χ4v) is 2.31. The molecular formula is C18H20FNO4. The number of rotatable bonds is 7. The molecule has 0 aliphatic carbocycles. The summed E-state index contributed by atoms with van der Waals surface area (Å²) in [5, 5.41) is 2.76. The SMILES string of the molecule is COc1ccc(CCNC(=O)c2cc(F)ccc2OC)cc1OC. The number of carbonyl (C=O) groups is 1. The first-order valence-corrected chi connectivity index (χ1v) is 7.41. The predicted octanol–water partition coefficient (Wildman–Crippen LogP) is 2.82. The first-order chi connectivity index (χ1) is 11.6. The normalized spacial score (nSPS) is 10.2. The Balaban J connectivity index is 1.99. The molecule has 128 valence electrons. The van der Waals surface area contributed by atoms with Crippen molar-refractivity contribution in [3.63, 3.8) is 0 Å². The highest BCUT2D eigenvalue weighted by Crippen LogP contribution is 2.27. The Morgan fingerprint density at radius 3 is 2.29 bits per heavy atom. The average molecular weight is 333 g/mol. The Morgan fingerprint density at radius 1 is 0.958 bits per heavy atom. The zero-order chi connectivity index (χ0) is 17.5. The molecule has 2 rings (SSSR count). The summed E-state index contributed by atoms with van der Waals surface area (Å²) >= 11 is 0. The fourth-order valence-electron chi connectivity index (χ4n) is 2.31. The zero-order valence-corrected chi connectivity index (χ0v) is 13.9. The molecule has 0 aliphatic rings. The lowest BCUT2D eigenvalue weighted by molar-refractivity contribution is 0.0950. The molecule has 0 heterocycles. The quantitative estimate of drug-likeness (QED) is 0.846. The van der Waals surface area contributed by atoms with E-state index < -0.39 is 5.82 Å². The third-order valence-corrected chi connectivity index (χ3v) is 3.55. The van der Waals surface area contributed by atoms with Gasteiger partial charge in [0.15, 0.2) is 11.5 Å². The van der Waals surface area contributed by atoms with Gasteiger partial charge in [-0.15, -0.1) is 0 Å². The lowest BCUT2D eigenvalue weighted by Gasteiger charge is -2.11. The molecule has 1 N–H and O–H groups in total. The molecule has 2 aromatic carbocycles. The summed E-state index contributed by atoms with van der Waals surface area (Å²) in [6.45, 7) is 0.397. The van der Waals surface area contributed by atoms with E-state index in [0.29, 0.717) is 30.2 Å². The van der Waals surface area contributed by atoms with Gasteiger partial charge in [-0.1, -0.05) is 6.07 Å². The van der Waals surface area contributed by atoms with Gasteiger partial charge >= 0.3 is 0 Å². The predicted molar refractivity (Wildman–Crippen MR) is 88.5 cm³/mol. The lowest BCUT2D eigenvalue weighted by Crippen LogP contribution is -2.26. The van der Waals surface area contributed by atoms with E-state index in [2.05, 4.69) is 5.32 Å². The van der Waals surface area contributed by atoms with Crippen molar-refractivity contribution in [2.75, 3.05) is 27.9 Å². The van der Waals surface area contributed by atoms with Gasteiger partial charge in [0.2, 0.25) is 0 Å². The number of hydrogen-bond donors (Lipinski definition) is 1. The molecule has 0 saturated heterocycles. The average Bonchev–Trinajstić information content (AvgIpc) is 2.61. The van der Waals surface area contributed by atoms with E-state index in [0.717, 1.165) is 11.6 Å². The molecule has 24 heavy (non-hydrogen) atoms. The second-order valence-corrected chi connectivity index (χ2v) is 5.04. The van der Waals surface area contributed by atoms with Crippen molar-refractivity contribution in [2.45, 2.75) is 6.42 Å². The van der Waals surface area contributed by atoms with Gasteiger partial charge in [-0.2, -0.15) is 0 Å². The minimum absolute atomic E-state index is 0.171. The molecule has 5 nitrogen and oxygen atoms in total. The van der Waals surface area contributed by atoms with Crippen LogP contribution in [0.3, 0.4) is 0 Å². The van der Waals surface area contributed by atoms with Gasteiger partial charge in [-0.05, 0) is 42.3 Å². The summed E-state index contributed by atoms with van der Waals surface area (Å²) in [6.07, 6.45) is 0.601. The molecule has 0 saturated carbocycles. The van der Waals surface area contributed by atoms with Crippen LogP contribution in [0.25, 0.3) is 0 Å². The van der Waals surface area contributed by atoms with Crippen molar-refractivity contribution in [1.82, 2.24) is 5.32 Å². The van der Waals surface area contributed by atoms with Crippen molar-refractivity contribution >= 4 is 5.91 Å². The Kier molecular flexibility index (Phi) is 6.01. The first kappa shape index (κ1) is 17.6. The maximum Gasteiger partial charge on any atom is 0.255 e. The molecule has 0 bridgehead atoms. The van der Waals surface area contributed by atoms with Gasteiger partial charge in [-0.3, -0.25) is 4.79 Å². The Labute approximate surface area is 140 Å². The van der Waals surface area contributed by atoms with Gasteiger partial charge in [-0.25, -0.2) is 4.39 Å². The third kappa shape index (κ3) is 4.16. The summed E-state index contributed by atoms with van der Waals surface area (Å²) in [5.74, 6) is 0.746. The van der Waals surface area contributed by atoms with E-state index in [-0.39, 0.29) is 11.5 Å². The van der Waals surface area contributed by atoms with Crippen molar-refractivity contribution in [3.05, 3.63) is 53.3 Å². The van der Waals surface area contributed by atoms with Crippen molar-refractivity contribution in [1.29, 1.82) is 0 Å². The van der Waals surface area contributed by atoms with Crippen LogP contribution in [0.5, 0.6) is 17.2 Å².